The van der Waals surface area contributed by atoms with Gasteiger partial charge in [0.1, 0.15) is 23.8 Å². The number of nitrogens with zero attached hydrogens (tertiary/aromatic N) is 2. The molecular weight excluding hydrogens is 408 g/mol. The Morgan fingerprint density at radius 3 is 2.72 bits per heavy atom. The molecule has 0 bridgehead atoms. The topological polar surface area (TPSA) is 94.0 Å². The molecule has 32 heavy (non-hydrogen) atoms. The van der Waals surface area contributed by atoms with Crippen LogP contribution in [0.15, 0.2) is 77.7 Å². The number of nitrogens with one attached hydrogen (secondary N) is 2. The summed E-state index contributed by atoms with van der Waals surface area (Å²) >= 11 is 0. The Balaban J connectivity index is 1.46. The second-order valence-corrected chi connectivity index (χ2v) is 7.12. The fraction of sp³-hybridized carbons (Fsp3) is 0.125. The van der Waals surface area contributed by atoms with Crippen molar-refractivity contribution in [1.82, 2.24) is 9.38 Å². The summed E-state index contributed by atoms with van der Waals surface area (Å²) in [7, 11) is 1.56. The number of hydrogen-bond acceptors (Lipinski definition) is 5. The minimum atomic E-state index is -0.424. The van der Waals surface area contributed by atoms with E-state index in [1.165, 1.54) is 10.5 Å². The van der Waals surface area contributed by atoms with E-state index < -0.39 is 6.03 Å². The molecule has 0 aliphatic carbocycles. The van der Waals surface area contributed by atoms with Gasteiger partial charge < -0.3 is 20.1 Å². The molecule has 0 unspecified atom stereocenters. The van der Waals surface area contributed by atoms with E-state index in [9.17, 15) is 9.59 Å². The zero-order valence-corrected chi connectivity index (χ0v) is 17.7. The maximum Gasteiger partial charge on any atom is 0.323 e. The van der Waals surface area contributed by atoms with E-state index in [1.54, 1.807) is 67.9 Å². The number of carbonyl (C=O) groups is 1. The number of urea groups is 1. The first-order chi connectivity index (χ1) is 15.5. The van der Waals surface area contributed by atoms with Crippen molar-refractivity contribution in [2.45, 2.75) is 13.5 Å². The smallest absolute Gasteiger partial charge is 0.323 e. The van der Waals surface area contributed by atoms with Crippen LogP contribution in [-0.4, -0.2) is 22.5 Å². The van der Waals surface area contributed by atoms with Gasteiger partial charge in [-0.2, -0.15) is 0 Å². The minimum Gasteiger partial charge on any atom is -0.497 e. The molecular formula is C24H22N4O4. The summed E-state index contributed by atoms with van der Waals surface area (Å²) in [4.78, 5) is 29.3. The molecule has 0 saturated carbocycles. The number of anilines is 2. The Morgan fingerprint density at radius 2 is 1.88 bits per heavy atom. The van der Waals surface area contributed by atoms with Crippen LogP contribution in [0.2, 0.25) is 0 Å². The molecule has 4 rings (SSSR count). The molecule has 0 aliphatic heterocycles. The van der Waals surface area contributed by atoms with Crippen LogP contribution in [0.3, 0.4) is 0 Å². The molecule has 2 N–H and O–H groups in total. The standard InChI is InChI=1S/C24H22N4O4/c1-16-10-11-22-25-18(13-23(29)28(22)14-16)15-32-21-9-4-3-8-20(21)27-24(30)26-17-6-5-7-19(12-17)31-2/h3-14H,15H2,1-2H3,(H2,26,27,30). The zero-order valence-electron chi connectivity index (χ0n) is 17.7. The van der Waals surface area contributed by atoms with Crippen molar-refractivity contribution in [2.75, 3.05) is 17.7 Å². The van der Waals surface area contributed by atoms with Gasteiger partial charge in [-0.15, -0.1) is 0 Å². The van der Waals surface area contributed by atoms with Gasteiger partial charge >= 0.3 is 6.03 Å². The van der Waals surface area contributed by atoms with Crippen LogP contribution in [0.25, 0.3) is 5.65 Å². The van der Waals surface area contributed by atoms with E-state index in [0.29, 0.717) is 34.2 Å². The van der Waals surface area contributed by atoms with Gasteiger partial charge in [-0.3, -0.25) is 9.20 Å². The molecule has 2 aromatic carbocycles. The molecule has 0 radical (unpaired) electrons. The highest BCUT2D eigenvalue weighted by Crippen LogP contribution is 2.25. The fourth-order valence-corrected chi connectivity index (χ4v) is 3.17. The Bertz CT molecular complexity index is 1330. The summed E-state index contributed by atoms with van der Waals surface area (Å²) in [6.07, 6.45) is 1.75. The van der Waals surface area contributed by atoms with Crippen LogP contribution in [0.1, 0.15) is 11.3 Å². The number of hydrogen-bond donors (Lipinski definition) is 2. The van der Waals surface area contributed by atoms with Crippen molar-refractivity contribution in [2.24, 2.45) is 0 Å². The number of para-hydroxylation sites is 2. The second kappa shape index (κ2) is 9.22. The fourth-order valence-electron chi connectivity index (χ4n) is 3.17. The van der Waals surface area contributed by atoms with Gasteiger partial charge in [-0.05, 0) is 42.8 Å². The molecule has 0 fully saturated rings. The van der Waals surface area contributed by atoms with Gasteiger partial charge in [-0.25, -0.2) is 9.78 Å². The lowest BCUT2D eigenvalue weighted by Gasteiger charge is -2.13. The van der Waals surface area contributed by atoms with Crippen LogP contribution in [0, 0.1) is 6.92 Å². The van der Waals surface area contributed by atoms with Gasteiger partial charge in [0, 0.05) is 24.0 Å². The number of fused-ring (bicyclic) bond motifs is 1. The first-order valence-electron chi connectivity index (χ1n) is 9.95. The van der Waals surface area contributed by atoms with Crippen molar-refractivity contribution in [1.29, 1.82) is 0 Å². The largest absolute Gasteiger partial charge is 0.497 e. The Labute approximate surface area is 184 Å². The highest BCUT2D eigenvalue weighted by atomic mass is 16.5. The van der Waals surface area contributed by atoms with E-state index in [4.69, 9.17) is 9.47 Å². The van der Waals surface area contributed by atoms with Gasteiger partial charge in [0.2, 0.25) is 0 Å². The quantitative estimate of drug-likeness (QED) is 0.477. The Morgan fingerprint density at radius 1 is 1.03 bits per heavy atom. The maximum absolute atomic E-state index is 12.5. The summed E-state index contributed by atoms with van der Waals surface area (Å²) in [6, 6.07) is 18.8. The van der Waals surface area contributed by atoms with Crippen molar-refractivity contribution < 1.29 is 14.3 Å². The number of carbonyl (C=O) groups excluding carboxylic acids is 1. The average molecular weight is 430 g/mol. The number of amides is 2. The third kappa shape index (κ3) is 4.86. The van der Waals surface area contributed by atoms with E-state index in [2.05, 4.69) is 15.6 Å². The molecule has 8 nitrogen and oxygen atoms in total. The predicted octanol–water partition coefficient (Wildman–Crippen LogP) is 4.23. The minimum absolute atomic E-state index is 0.0792. The third-order valence-electron chi connectivity index (χ3n) is 4.70. The number of aromatic nitrogens is 2. The van der Waals surface area contributed by atoms with E-state index in [1.807, 2.05) is 13.0 Å². The summed E-state index contributed by atoms with van der Waals surface area (Å²) < 4.78 is 12.5. The van der Waals surface area contributed by atoms with Crippen LogP contribution < -0.4 is 25.7 Å². The molecule has 2 amide bonds. The van der Waals surface area contributed by atoms with E-state index in [0.717, 1.165) is 5.56 Å². The van der Waals surface area contributed by atoms with Gasteiger partial charge in [0.25, 0.3) is 5.56 Å². The lowest BCUT2D eigenvalue weighted by atomic mass is 10.3. The van der Waals surface area contributed by atoms with Crippen molar-refractivity contribution in [3.8, 4) is 11.5 Å². The predicted molar refractivity (Wildman–Crippen MR) is 123 cm³/mol. The highest BCUT2D eigenvalue weighted by molar-refractivity contribution is 6.00. The van der Waals surface area contributed by atoms with Crippen LogP contribution in [-0.2, 0) is 6.61 Å². The number of pyridine rings is 1. The highest BCUT2D eigenvalue weighted by Gasteiger charge is 2.10. The summed E-state index contributed by atoms with van der Waals surface area (Å²) in [6.45, 7) is 1.99. The molecule has 0 atom stereocenters. The third-order valence-corrected chi connectivity index (χ3v) is 4.70. The Hall–Kier alpha value is -4.33. The first kappa shape index (κ1) is 20.9. The SMILES string of the molecule is COc1cccc(NC(=O)Nc2ccccc2OCc2cc(=O)n3cc(C)ccc3n2)c1. The monoisotopic (exact) mass is 430 g/mol. The molecule has 2 heterocycles. The van der Waals surface area contributed by atoms with E-state index in [-0.39, 0.29) is 12.2 Å². The molecule has 0 aliphatic rings. The van der Waals surface area contributed by atoms with Gasteiger partial charge in [-0.1, -0.05) is 24.3 Å². The van der Waals surface area contributed by atoms with Crippen molar-refractivity contribution in [3.63, 3.8) is 0 Å². The molecule has 2 aromatic heterocycles. The lowest BCUT2D eigenvalue weighted by molar-refractivity contribution is 0.261. The zero-order chi connectivity index (χ0) is 22.5. The van der Waals surface area contributed by atoms with Crippen molar-refractivity contribution >= 4 is 23.1 Å². The number of methoxy groups -OCH3 is 1. The van der Waals surface area contributed by atoms with Crippen LogP contribution in [0.5, 0.6) is 11.5 Å². The Kier molecular flexibility index (Phi) is 6.03. The summed E-state index contributed by atoms with van der Waals surface area (Å²) in [5.74, 6) is 1.10. The van der Waals surface area contributed by atoms with Crippen LogP contribution >= 0.6 is 0 Å². The van der Waals surface area contributed by atoms with Crippen LogP contribution in [0.4, 0.5) is 16.2 Å². The average Bonchev–Trinajstić information content (AvgIpc) is 2.79. The molecule has 162 valence electrons. The maximum atomic E-state index is 12.5. The number of rotatable bonds is 6. The molecule has 8 heteroatoms. The normalized spacial score (nSPS) is 10.6. The second-order valence-electron chi connectivity index (χ2n) is 7.12. The van der Waals surface area contributed by atoms with Gasteiger partial charge in [0.05, 0.1) is 18.5 Å². The van der Waals surface area contributed by atoms with E-state index >= 15 is 0 Å². The first-order valence-corrected chi connectivity index (χ1v) is 9.95. The number of aryl methyl sites for hydroxylation is 1. The summed E-state index contributed by atoms with van der Waals surface area (Å²) in [5.41, 5.74) is 2.91. The number of ether oxygens (including phenoxy) is 2. The van der Waals surface area contributed by atoms with Crippen molar-refractivity contribution in [3.05, 3.63) is 94.5 Å². The summed E-state index contributed by atoms with van der Waals surface area (Å²) in [5, 5.41) is 5.53. The lowest BCUT2D eigenvalue weighted by Crippen LogP contribution is -2.20. The van der Waals surface area contributed by atoms with Gasteiger partial charge in [0.15, 0.2) is 0 Å². The number of benzene rings is 2. The molecule has 0 saturated heterocycles. The molecule has 0 spiro atoms. The molecule has 4 aromatic rings.